The van der Waals surface area contributed by atoms with Crippen molar-refractivity contribution in [1.82, 2.24) is 15.5 Å². The van der Waals surface area contributed by atoms with Crippen molar-refractivity contribution in [3.63, 3.8) is 0 Å². The van der Waals surface area contributed by atoms with E-state index in [1.165, 1.54) is 12.2 Å². The maximum absolute atomic E-state index is 12.8. The lowest BCUT2D eigenvalue weighted by molar-refractivity contribution is -0.157. The summed E-state index contributed by atoms with van der Waals surface area (Å²) in [6, 6.07) is -1.95. The van der Waals surface area contributed by atoms with Crippen LogP contribution in [0, 0.1) is 11.8 Å². The summed E-state index contributed by atoms with van der Waals surface area (Å²) in [5.41, 5.74) is 0. The number of hydrogen-bond donors (Lipinski definition) is 3. The van der Waals surface area contributed by atoms with Gasteiger partial charge in [-0.1, -0.05) is 12.2 Å². The first-order valence-electron chi connectivity index (χ1n) is 11.6. The third kappa shape index (κ3) is 9.89. The van der Waals surface area contributed by atoms with Crippen LogP contribution in [0.25, 0.3) is 0 Å². The first-order chi connectivity index (χ1) is 16.7. The number of amides is 3. The second kappa shape index (κ2) is 15.6. The fraction of sp³-hybridized carbons (Fsp3) is 0.625. The number of ether oxygens (including phenoxy) is 2. The van der Waals surface area contributed by atoms with E-state index in [4.69, 9.17) is 14.6 Å². The summed E-state index contributed by atoms with van der Waals surface area (Å²) in [4.78, 5) is 64.2. The number of carbonyl (C=O) groups is 5. The molecule has 1 aliphatic heterocycles. The molecule has 1 heterocycles. The van der Waals surface area contributed by atoms with Gasteiger partial charge in [0.25, 0.3) is 0 Å². The van der Waals surface area contributed by atoms with Crippen molar-refractivity contribution in [1.29, 1.82) is 0 Å². The number of rotatable bonds is 15. The molecule has 0 radical (unpaired) electrons. The number of methoxy groups -OCH3 is 1. The Hall–Kier alpha value is -3.21. The number of allylic oxidation sites excluding steroid dienone is 2. The number of nitrogens with one attached hydrogen (secondary N) is 2. The Labute approximate surface area is 205 Å². The lowest BCUT2D eigenvalue weighted by Crippen LogP contribution is -2.51. The molecule has 0 saturated carbocycles. The Balaban J connectivity index is 2.83. The molecule has 0 aromatic carbocycles. The molecule has 0 spiro atoms. The molecule has 0 bridgehead atoms. The molecule has 1 unspecified atom stereocenters. The van der Waals surface area contributed by atoms with Crippen LogP contribution in [0.15, 0.2) is 25.3 Å². The molecule has 3 N–H and O–H groups in total. The summed E-state index contributed by atoms with van der Waals surface area (Å²) in [6.45, 7) is 9.16. The predicted octanol–water partition coefficient (Wildman–Crippen LogP) is 0.0815. The summed E-state index contributed by atoms with van der Waals surface area (Å²) < 4.78 is 9.95. The van der Waals surface area contributed by atoms with Crippen molar-refractivity contribution in [2.75, 3.05) is 33.4 Å². The van der Waals surface area contributed by atoms with Gasteiger partial charge < -0.3 is 30.1 Å². The molecule has 1 fully saturated rings. The Morgan fingerprint density at radius 2 is 1.60 bits per heavy atom. The average Bonchev–Trinajstić information content (AvgIpc) is 3.38. The highest BCUT2D eigenvalue weighted by Crippen LogP contribution is 2.17. The van der Waals surface area contributed by atoms with Crippen LogP contribution in [-0.2, 0) is 33.4 Å². The lowest BCUT2D eigenvalue weighted by atomic mass is 10.0. The Morgan fingerprint density at radius 1 is 1.00 bits per heavy atom. The SMILES string of the molecule is C=CCC(C(=O)N[C@H](C)CO)C(=O)N[C@H](COC(=O)[C@@H](CC=C)CC(=O)N1CCCC1)C(=O)OC. The van der Waals surface area contributed by atoms with Crippen LogP contribution in [0.3, 0.4) is 0 Å². The highest BCUT2D eigenvalue weighted by atomic mass is 16.5. The molecule has 1 rings (SSSR count). The molecular weight excluding hydrogens is 458 g/mol. The second-order valence-electron chi connectivity index (χ2n) is 8.40. The van der Waals surface area contributed by atoms with E-state index in [1.54, 1.807) is 11.8 Å². The number of aliphatic hydroxyl groups is 1. The largest absolute Gasteiger partial charge is 0.467 e. The van der Waals surface area contributed by atoms with E-state index in [0.29, 0.717) is 13.1 Å². The van der Waals surface area contributed by atoms with E-state index >= 15 is 0 Å². The van der Waals surface area contributed by atoms with Gasteiger partial charge in [-0.05, 0) is 32.6 Å². The molecule has 0 aromatic heterocycles. The highest BCUT2D eigenvalue weighted by molar-refractivity contribution is 6.01. The van der Waals surface area contributed by atoms with Crippen LogP contribution in [0.2, 0.25) is 0 Å². The van der Waals surface area contributed by atoms with Gasteiger partial charge in [-0.3, -0.25) is 19.2 Å². The molecule has 1 saturated heterocycles. The van der Waals surface area contributed by atoms with Gasteiger partial charge in [0.05, 0.1) is 19.6 Å². The van der Waals surface area contributed by atoms with Crippen molar-refractivity contribution < 1.29 is 38.6 Å². The van der Waals surface area contributed by atoms with Crippen LogP contribution >= 0.6 is 0 Å². The monoisotopic (exact) mass is 495 g/mol. The number of hydrogen-bond acceptors (Lipinski definition) is 8. The number of aliphatic hydroxyl groups excluding tert-OH is 1. The first kappa shape index (κ1) is 29.8. The number of likely N-dealkylation sites (tertiary alicyclic amines) is 1. The van der Waals surface area contributed by atoms with Gasteiger partial charge in [0.2, 0.25) is 17.7 Å². The van der Waals surface area contributed by atoms with Gasteiger partial charge in [0.1, 0.15) is 12.5 Å². The summed E-state index contributed by atoms with van der Waals surface area (Å²) in [5, 5.41) is 14.0. The first-order valence-corrected chi connectivity index (χ1v) is 11.6. The molecule has 35 heavy (non-hydrogen) atoms. The van der Waals surface area contributed by atoms with Crippen molar-refractivity contribution in [2.45, 2.75) is 51.1 Å². The standard InChI is InChI=1S/C24H37N3O8/c1-5-9-17(13-20(29)27-11-7-8-12-27)23(32)35-15-19(24(33)34-4)26-22(31)18(10-6-2)21(30)25-16(3)14-28/h5-6,16-19,28H,1-2,7-15H2,3-4H3,(H,25,30)(H,26,31)/t16-,17+,18?,19-/m1/s1. The summed E-state index contributed by atoms with van der Waals surface area (Å²) >= 11 is 0. The molecule has 3 amide bonds. The molecule has 0 aliphatic carbocycles. The third-order valence-electron chi connectivity index (χ3n) is 5.56. The smallest absolute Gasteiger partial charge is 0.331 e. The minimum absolute atomic E-state index is 0.0243. The summed E-state index contributed by atoms with van der Waals surface area (Å²) in [7, 11) is 1.11. The topological polar surface area (TPSA) is 151 Å². The van der Waals surface area contributed by atoms with E-state index in [0.717, 1.165) is 20.0 Å². The average molecular weight is 496 g/mol. The fourth-order valence-electron chi connectivity index (χ4n) is 3.53. The Kier molecular flexibility index (Phi) is 13.3. The highest BCUT2D eigenvalue weighted by Gasteiger charge is 2.32. The second-order valence-corrected chi connectivity index (χ2v) is 8.40. The fourth-order valence-corrected chi connectivity index (χ4v) is 3.53. The molecule has 196 valence electrons. The minimum atomic E-state index is -1.37. The van der Waals surface area contributed by atoms with Crippen molar-refractivity contribution in [3.05, 3.63) is 25.3 Å². The summed E-state index contributed by atoms with van der Waals surface area (Å²) in [6.07, 6.45) is 4.86. The van der Waals surface area contributed by atoms with Crippen LogP contribution in [0.4, 0.5) is 0 Å². The van der Waals surface area contributed by atoms with Gasteiger partial charge in [-0.2, -0.15) is 0 Å². The van der Waals surface area contributed by atoms with Crippen LogP contribution in [0.5, 0.6) is 0 Å². The zero-order valence-electron chi connectivity index (χ0n) is 20.5. The number of esters is 2. The van der Waals surface area contributed by atoms with Crippen molar-refractivity contribution in [3.8, 4) is 0 Å². The molecule has 11 nitrogen and oxygen atoms in total. The van der Waals surface area contributed by atoms with Gasteiger partial charge >= 0.3 is 11.9 Å². The van der Waals surface area contributed by atoms with Gasteiger partial charge in [0, 0.05) is 25.6 Å². The van der Waals surface area contributed by atoms with Gasteiger partial charge in [-0.15, -0.1) is 13.2 Å². The van der Waals surface area contributed by atoms with Crippen LogP contribution < -0.4 is 10.6 Å². The Morgan fingerprint density at radius 3 is 2.14 bits per heavy atom. The molecular formula is C24H37N3O8. The molecule has 0 aromatic rings. The van der Waals surface area contributed by atoms with E-state index in [-0.39, 0.29) is 31.8 Å². The maximum Gasteiger partial charge on any atom is 0.331 e. The van der Waals surface area contributed by atoms with Crippen LogP contribution in [0.1, 0.15) is 39.0 Å². The van der Waals surface area contributed by atoms with E-state index in [1.807, 2.05) is 0 Å². The van der Waals surface area contributed by atoms with Gasteiger partial charge in [-0.25, -0.2) is 4.79 Å². The third-order valence-corrected chi connectivity index (χ3v) is 5.56. The summed E-state index contributed by atoms with van der Waals surface area (Å²) in [5.74, 6) is -5.20. The molecule has 1 aliphatic rings. The van der Waals surface area contributed by atoms with E-state index < -0.39 is 54.3 Å². The van der Waals surface area contributed by atoms with E-state index in [9.17, 15) is 24.0 Å². The molecule has 4 atom stereocenters. The lowest BCUT2D eigenvalue weighted by Gasteiger charge is -2.23. The van der Waals surface area contributed by atoms with Crippen molar-refractivity contribution >= 4 is 29.7 Å². The number of nitrogens with zero attached hydrogens (tertiary/aromatic N) is 1. The predicted molar refractivity (Wildman–Crippen MR) is 127 cm³/mol. The molecule has 11 heteroatoms. The Bertz CT molecular complexity index is 779. The zero-order valence-corrected chi connectivity index (χ0v) is 20.5. The zero-order chi connectivity index (χ0) is 26.4. The minimum Gasteiger partial charge on any atom is -0.467 e. The maximum atomic E-state index is 12.8. The normalized spacial score (nSPS) is 16.3. The van der Waals surface area contributed by atoms with E-state index in [2.05, 4.69) is 23.8 Å². The van der Waals surface area contributed by atoms with Gasteiger partial charge in [0.15, 0.2) is 6.04 Å². The quantitative estimate of drug-likeness (QED) is 0.164. The number of carbonyl (C=O) groups excluding carboxylic acids is 5. The van der Waals surface area contributed by atoms with Crippen LogP contribution in [-0.4, -0.2) is 85.2 Å². The van der Waals surface area contributed by atoms with Crippen molar-refractivity contribution in [2.24, 2.45) is 11.8 Å².